The maximum atomic E-state index is 11.8. The number of hydrogen-bond acceptors (Lipinski definition) is 4. The average molecular weight is 257 g/mol. The number of carbonyl (C=O) groups excluding carboxylic acids is 3. The van der Waals surface area contributed by atoms with Crippen LogP contribution in [0.25, 0.3) is 0 Å². The second kappa shape index (κ2) is 6.34. The van der Waals surface area contributed by atoms with Crippen LogP contribution in [0.5, 0.6) is 0 Å². The molecule has 3 N–H and O–H groups in total. The molecule has 7 nitrogen and oxygen atoms in total. The molecule has 3 amide bonds. The van der Waals surface area contributed by atoms with Crippen molar-refractivity contribution in [2.45, 2.75) is 39.0 Å². The van der Waals surface area contributed by atoms with E-state index in [4.69, 9.17) is 5.11 Å². The van der Waals surface area contributed by atoms with E-state index in [1.165, 1.54) is 18.7 Å². The summed E-state index contributed by atoms with van der Waals surface area (Å²) in [5.74, 6) is -0.931. The van der Waals surface area contributed by atoms with E-state index in [2.05, 4.69) is 10.6 Å². The van der Waals surface area contributed by atoms with Crippen molar-refractivity contribution in [2.75, 3.05) is 13.1 Å². The number of amides is 3. The molecular formula is C11H19N3O4. The first-order valence-electron chi connectivity index (χ1n) is 5.94. The van der Waals surface area contributed by atoms with Crippen LogP contribution in [0.1, 0.15) is 26.7 Å². The summed E-state index contributed by atoms with van der Waals surface area (Å²) in [6.45, 7) is 3.16. The number of nitrogens with zero attached hydrogens (tertiary/aromatic N) is 1. The standard InChI is InChI=1S/C11H19N3O4/c1-7(15)12-6-10(17)14-5-3-4-9(14)11(18)13-8(2)16/h8-9,16H,3-6H2,1-2H3,(H,12,15)(H,13,18). The van der Waals surface area contributed by atoms with Crippen LogP contribution in [-0.4, -0.2) is 53.1 Å². The van der Waals surface area contributed by atoms with Crippen LogP contribution in [0.2, 0.25) is 0 Å². The SMILES string of the molecule is CC(=O)NCC(=O)N1CCCC1C(=O)NC(C)O. The zero-order chi connectivity index (χ0) is 13.7. The molecule has 2 atom stereocenters. The van der Waals surface area contributed by atoms with Gasteiger partial charge in [-0.25, -0.2) is 0 Å². The first-order chi connectivity index (χ1) is 8.41. The van der Waals surface area contributed by atoms with Crippen molar-refractivity contribution in [1.82, 2.24) is 15.5 Å². The van der Waals surface area contributed by atoms with Crippen LogP contribution >= 0.6 is 0 Å². The first-order valence-corrected chi connectivity index (χ1v) is 5.94. The molecule has 102 valence electrons. The van der Waals surface area contributed by atoms with E-state index in [0.717, 1.165) is 6.42 Å². The van der Waals surface area contributed by atoms with Gasteiger partial charge < -0.3 is 20.6 Å². The predicted molar refractivity (Wildman–Crippen MR) is 63.2 cm³/mol. The van der Waals surface area contributed by atoms with Gasteiger partial charge in [-0.1, -0.05) is 0 Å². The molecule has 0 spiro atoms. The summed E-state index contributed by atoms with van der Waals surface area (Å²) in [4.78, 5) is 35.7. The van der Waals surface area contributed by atoms with Crippen molar-refractivity contribution in [3.63, 3.8) is 0 Å². The lowest BCUT2D eigenvalue weighted by Crippen LogP contribution is -2.50. The lowest BCUT2D eigenvalue weighted by atomic mass is 10.2. The number of nitrogens with one attached hydrogen (secondary N) is 2. The van der Waals surface area contributed by atoms with Gasteiger partial charge in [0.15, 0.2) is 0 Å². The number of aliphatic hydroxyl groups is 1. The van der Waals surface area contributed by atoms with Gasteiger partial charge in [-0.2, -0.15) is 0 Å². The molecule has 0 bridgehead atoms. The number of hydrogen-bond donors (Lipinski definition) is 3. The molecule has 1 aliphatic heterocycles. The number of rotatable bonds is 4. The van der Waals surface area contributed by atoms with Gasteiger partial charge in [-0.3, -0.25) is 14.4 Å². The van der Waals surface area contributed by atoms with Crippen LogP contribution in [-0.2, 0) is 14.4 Å². The molecule has 0 saturated carbocycles. The Morgan fingerprint density at radius 1 is 1.44 bits per heavy atom. The summed E-state index contributed by atoms with van der Waals surface area (Å²) in [6, 6.07) is -0.555. The highest BCUT2D eigenvalue weighted by atomic mass is 16.3. The van der Waals surface area contributed by atoms with Gasteiger partial charge in [-0.05, 0) is 19.8 Å². The Bertz CT molecular complexity index is 343. The third-order valence-corrected chi connectivity index (χ3v) is 2.72. The molecule has 0 aromatic rings. The topological polar surface area (TPSA) is 98.7 Å². The molecule has 1 fully saturated rings. The number of carbonyl (C=O) groups is 3. The lowest BCUT2D eigenvalue weighted by Gasteiger charge is -2.24. The largest absolute Gasteiger partial charge is 0.374 e. The minimum absolute atomic E-state index is 0.103. The van der Waals surface area contributed by atoms with Gasteiger partial charge in [0.2, 0.25) is 17.7 Å². The molecular weight excluding hydrogens is 238 g/mol. The normalized spacial score (nSPS) is 20.4. The highest BCUT2D eigenvalue weighted by Gasteiger charge is 2.34. The number of likely N-dealkylation sites (tertiary alicyclic amines) is 1. The van der Waals surface area contributed by atoms with Crippen molar-refractivity contribution >= 4 is 17.7 Å². The van der Waals surface area contributed by atoms with Gasteiger partial charge in [-0.15, -0.1) is 0 Å². The summed E-state index contributed by atoms with van der Waals surface area (Å²) in [5, 5.41) is 13.9. The molecule has 1 rings (SSSR count). The Hall–Kier alpha value is -1.63. The zero-order valence-electron chi connectivity index (χ0n) is 10.6. The Balaban J connectivity index is 2.55. The van der Waals surface area contributed by atoms with Crippen molar-refractivity contribution in [3.8, 4) is 0 Å². The molecule has 1 aliphatic rings. The van der Waals surface area contributed by atoms with Gasteiger partial charge in [0.05, 0.1) is 6.54 Å². The van der Waals surface area contributed by atoms with E-state index in [1.807, 2.05) is 0 Å². The minimum Gasteiger partial charge on any atom is -0.374 e. The number of aliphatic hydroxyl groups excluding tert-OH is 1. The maximum Gasteiger partial charge on any atom is 0.244 e. The average Bonchev–Trinajstić information content (AvgIpc) is 2.73. The third-order valence-electron chi connectivity index (χ3n) is 2.72. The molecule has 18 heavy (non-hydrogen) atoms. The first kappa shape index (κ1) is 14.4. The van der Waals surface area contributed by atoms with Crippen LogP contribution in [0.3, 0.4) is 0 Å². The van der Waals surface area contributed by atoms with E-state index in [0.29, 0.717) is 13.0 Å². The van der Waals surface area contributed by atoms with Crippen molar-refractivity contribution in [2.24, 2.45) is 0 Å². The van der Waals surface area contributed by atoms with Crippen LogP contribution in [0, 0.1) is 0 Å². The summed E-state index contributed by atoms with van der Waals surface area (Å²) in [5.41, 5.74) is 0. The maximum absolute atomic E-state index is 11.8. The van der Waals surface area contributed by atoms with Gasteiger partial charge in [0.25, 0.3) is 0 Å². The zero-order valence-corrected chi connectivity index (χ0v) is 10.6. The fourth-order valence-electron chi connectivity index (χ4n) is 1.94. The van der Waals surface area contributed by atoms with Crippen molar-refractivity contribution < 1.29 is 19.5 Å². The van der Waals surface area contributed by atoms with Gasteiger partial charge >= 0.3 is 0 Å². The van der Waals surface area contributed by atoms with E-state index >= 15 is 0 Å². The molecule has 0 aromatic carbocycles. The van der Waals surface area contributed by atoms with E-state index in [9.17, 15) is 14.4 Å². The second-order valence-electron chi connectivity index (χ2n) is 4.34. The fourth-order valence-corrected chi connectivity index (χ4v) is 1.94. The minimum atomic E-state index is -0.939. The Kier molecular flexibility index (Phi) is 5.08. The van der Waals surface area contributed by atoms with E-state index in [1.54, 1.807) is 0 Å². The second-order valence-corrected chi connectivity index (χ2v) is 4.34. The van der Waals surface area contributed by atoms with Gasteiger partial charge in [0.1, 0.15) is 12.3 Å². The molecule has 0 aliphatic carbocycles. The smallest absolute Gasteiger partial charge is 0.244 e. The van der Waals surface area contributed by atoms with Crippen LogP contribution in [0.15, 0.2) is 0 Å². The summed E-state index contributed by atoms with van der Waals surface area (Å²) in [6.07, 6.45) is 0.374. The molecule has 2 unspecified atom stereocenters. The Morgan fingerprint density at radius 2 is 2.11 bits per heavy atom. The van der Waals surface area contributed by atoms with Crippen LogP contribution < -0.4 is 10.6 Å². The molecule has 1 heterocycles. The van der Waals surface area contributed by atoms with E-state index in [-0.39, 0.29) is 24.3 Å². The Morgan fingerprint density at radius 3 is 2.67 bits per heavy atom. The third kappa shape index (κ3) is 3.99. The van der Waals surface area contributed by atoms with Crippen molar-refractivity contribution in [3.05, 3.63) is 0 Å². The highest BCUT2D eigenvalue weighted by molar-refractivity contribution is 5.90. The van der Waals surface area contributed by atoms with Crippen molar-refractivity contribution in [1.29, 1.82) is 0 Å². The summed E-state index contributed by atoms with van der Waals surface area (Å²) in [7, 11) is 0. The predicted octanol–water partition coefficient (Wildman–Crippen LogP) is -1.43. The molecule has 0 aromatic heterocycles. The fraction of sp³-hybridized carbons (Fsp3) is 0.727. The molecule has 7 heteroatoms. The Labute approximate surface area is 106 Å². The van der Waals surface area contributed by atoms with Gasteiger partial charge in [0, 0.05) is 13.5 Å². The summed E-state index contributed by atoms with van der Waals surface area (Å²) < 4.78 is 0. The highest BCUT2D eigenvalue weighted by Crippen LogP contribution is 2.17. The monoisotopic (exact) mass is 257 g/mol. The summed E-state index contributed by atoms with van der Waals surface area (Å²) >= 11 is 0. The molecule has 1 saturated heterocycles. The van der Waals surface area contributed by atoms with Crippen LogP contribution in [0.4, 0.5) is 0 Å². The quantitative estimate of drug-likeness (QED) is 0.538. The molecule has 0 radical (unpaired) electrons. The van der Waals surface area contributed by atoms with E-state index < -0.39 is 12.3 Å². The lowest BCUT2D eigenvalue weighted by molar-refractivity contribution is -0.139.